The highest BCUT2D eigenvalue weighted by atomic mass is 19.1. The van der Waals surface area contributed by atoms with Gasteiger partial charge in [-0.2, -0.15) is 0 Å². The van der Waals surface area contributed by atoms with Crippen LogP contribution in [-0.2, 0) is 11.2 Å². The van der Waals surface area contributed by atoms with Crippen molar-refractivity contribution < 1.29 is 18.7 Å². The fourth-order valence-corrected chi connectivity index (χ4v) is 2.24. The van der Waals surface area contributed by atoms with E-state index in [-0.39, 0.29) is 11.7 Å². The zero-order chi connectivity index (χ0) is 15.2. The lowest BCUT2D eigenvalue weighted by Gasteiger charge is -2.13. The molecule has 21 heavy (non-hydrogen) atoms. The first-order valence-electron chi connectivity index (χ1n) is 6.59. The summed E-state index contributed by atoms with van der Waals surface area (Å²) in [5.41, 5.74) is 1.59. The van der Waals surface area contributed by atoms with Crippen molar-refractivity contribution in [3.05, 3.63) is 59.4 Å². The van der Waals surface area contributed by atoms with Gasteiger partial charge in [-0.15, -0.1) is 0 Å². The summed E-state index contributed by atoms with van der Waals surface area (Å²) < 4.78 is 23.7. The summed E-state index contributed by atoms with van der Waals surface area (Å²) in [5, 5.41) is 0. The van der Waals surface area contributed by atoms with E-state index in [9.17, 15) is 9.18 Å². The molecule has 1 atom stereocenters. The molecule has 2 aromatic rings. The molecule has 0 amide bonds. The third kappa shape index (κ3) is 3.60. The van der Waals surface area contributed by atoms with Gasteiger partial charge in [0.05, 0.1) is 14.2 Å². The summed E-state index contributed by atoms with van der Waals surface area (Å²) >= 11 is 0. The Bertz CT molecular complexity index is 625. The Morgan fingerprint density at radius 3 is 2.48 bits per heavy atom. The van der Waals surface area contributed by atoms with Crippen molar-refractivity contribution in [3.63, 3.8) is 0 Å². The molecule has 4 heteroatoms. The molecular weight excluding hydrogens is 271 g/mol. The number of halogens is 1. The summed E-state index contributed by atoms with van der Waals surface area (Å²) in [6.07, 6.45) is 1.32. The van der Waals surface area contributed by atoms with E-state index in [1.54, 1.807) is 32.4 Å². The molecule has 0 N–H and O–H groups in total. The number of benzene rings is 2. The van der Waals surface area contributed by atoms with Gasteiger partial charge in [0.1, 0.15) is 12.1 Å². The molecule has 0 bridgehead atoms. The molecule has 0 aromatic heterocycles. The zero-order valence-electron chi connectivity index (χ0n) is 12.0. The molecule has 2 aromatic carbocycles. The number of hydrogen-bond acceptors (Lipinski definition) is 3. The number of methoxy groups -OCH3 is 2. The van der Waals surface area contributed by atoms with E-state index in [4.69, 9.17) is 9.47 Å². The third-order valence-corrected chi connectivity index (χ3v) is 3.34. The normalized spacial score (nSPS) is 11.8. The second kappa shape index (κ2) is 6.88. The minimum absolute atomic E-state index is 0.341. The molecule has 1 unspecified atom stereocenters. The largest absolute Gasteiger partial charge is 0.493 e. The van der Waals surface area contributed by atoms with Crippen molar-refractivity contribution in [2.24, 2.45) is 0 Å². The van der Waals surface area contributed by atoms with Crippen molar-refractivity contribution in [1.82, 2.24) is 0 Å². The third-order valence-electron chi connectivity index (χ3n) is 3.34. The Balaban J connectivity index is 2.24. The van der Waals surface area contributed by atoms with Gasteiger partial charge >= 0.3 is 0 Å². The average molecular weight is 288 g/mol. The molecule has 2 rings (SSSR count). The number of aldehydes is 1. The summed E-state index contributed by atoms with van der Waals surface area (Å²) in [4.78, 5) is 11.3. The van der Waals surface area contributed by atoms with Crippen LogP contribution in [0.25, 0.3) is 0 Å². The van der Waals surface area contributed by atoms with E-state index < -0.39 is 0 Å². The van der Waals surface area contributed by atoms with Crippen LogP contribution in [-0.4, -0.2) is 20.5 Å². The standard InChI is InChI=1S/C17H17FO3/c1-20-16-7-6-12(9-17(16)21-2)8-14(11-19)13-4-3-5-15(18)10-13/h3-7,9-11,14H,8H2,1-2H3. The molecule has 110 valence electrons. The zero-order valence-corrected chi connectivity index (χ0v) is 12.0. The average Bonchev–Trinajstić information content (AvgIpc) is 2.52. The molecule has 0 radical (unpaired) electrons. The molecule has 0 saturated carbocycles. The lowest BCUT2D eigenvalue weighted by Crippen LogP contribution is -2.05. The van der Waals surface area contributed by atoms with Crippen LogP contribution in [0.1, 0.15) is 17.0 Å². The second-order valence-corrected chi connectivity index (χ2v) is 4.69. The van der Waals surface area contributed by atoms with Crippen LogP contribution in [0.4, 0.5) is 4.39 Å². The summed E-state index contributed by atoms with van der Waals surface area (Å²) in [5.74, 6) is 0.513. The summed E-state index contributed by atoms with van der Waals surface area (Å²) in [7, 11) is 3.13. The lowest BCUT2D eigenvalue weighted by molar-refractivity contribution is -0.109. The molecule has 0 heterocycles. The summed E-state index contributed by atoms with van der Waals surface area (Å²) in [6, 6.07) is 11.6. The highest BCUT2D eigenvalue weighted by Crippen LogP contribution is 2.29. The summed E-state index contributed by atoms with van der Waals surface area (Å²) in [6.45, 7) is 0. The maximum Gasteiger partial charge on any atom is 0.160 e. The van der Waals surface area contributed by atoms with Crippen LogP contribution in [0.5, 0.6) is 11.5 Å². The smallest absolute Gasteiger partial charge is 0.160 e. The van der Waals surface area contributed by atoms with Crippen molar-refractivity contribution in [2.75, 3.05) is 14.2 Å². The highest BCUT2D eigenvalue weighted by Gasteiger charge is 2.14. The number of carbonyl (C=O) groups is 1. The predicted molar refractivity (Wildman–Crippen MR) is 78.5 cm³/mol. The van der Waals surface area contributed by atoms with Crippen molar-refractivity contribution in [1.29, 1.82) is 0 Å². The minimum Gasteiger partial charge on any atom is -0.493 e. The first-order valence-corrected chi connectivity index (χ1v) is 6.59. The quantitative estimate of drug-likeness (QED) is 0.765. The monoisotopic (exact) mass is 288 g/mol. The maximum atomic E-state index is 13.3. The van der Waals surface area contributed by atoms with Crippen LogP contribution in [0, 0.1) is 5.82 Å². The molecule has 0 saturated heterocycles. The molecule has 0 fully saturated rings. The first-order chi connectivity index (χ1) is 10.2. The van der Waals surface area contributed by atoms with E-state index in [1.807, 2.05) is 12.1 Å². The van der Waals surface area contributed by atoms with Gasteiger partial charge in [-0.25, -0.2) is 4.39 Å². The Morgan fingerprint density at radius 2 is 1.86 bits per heavy atom. The molecule has 0 aliphatic carbocycles. The van der Waals surface area contributed by atoms with Crippen LogP contribution in [0.15, 0.2) is 42.5 Å². The predicted octanol–water partition coefficient (Wildman–Crippen LogP) is 3.37. The molecule has 0 spiro atoms. The van der Waals surface area contributed by atoms with Gasteiger partial charge in [0.25, 0.3) is 0 Å². The first kappa shape index (κ1) is 15.0. The van der Waals surface area contributed by atoms with E-state index >= 15 is 0 Å². The second-order valence-electron chi connectivity index (χ2n) is 4.69. The van der Waals surface area contributed by atoms with Gasteiger partial charge in [-0.1, -0.05) is 18.2 Å². The van der Waals surface area contributed by atoms with Crippen molar-refractivity contribution >= 4 is 6.29 Å². The van der Waals surface area contributed by atoms with E-state index in [0.29, 0.717) is 23.5 Å². The van der Waals surface area contributed by atoms with Gasteiger partial charge in [0.15, 0.2) is 11.5 Å². The van der Waals surface area contributed by atoms with Gasteiger partial charge in [0, 0.05) is 5.92 Å². The Labute approximate surface area is 123 Å². The minimum atomic E-state index is -0.390. The number of carbonyl (C=O) groups excluding carboxylic acids is 1. The highest BCUT2D eigenvalue weighted by molar-refractivity contribution is 5.63. The Morgan fingerprint density at radius 1 is 1.10 bits per heavy atom. The SMILES string of the molecule is COc1ccc(CC(C=O)c2cccc(F)c2)cc1OC. The number of rotatable bonds is 6. The van der Waals surface area contributed by atoms with E-state index in [2.05, 4.69) is 0 Å². The molecule has 0 aliphatic heterocycles. The van der Waals surface area contributed by atoms with E-state index in [1.165, 1.54) is 12.1 Å². The van der Waals surface area contributed by atoms with Crippen LogP contribution >= 0.6 is 0 Å². The Kier molecular flexibility index (Phi) is 4.93. The van der Waals surface area contributed by atoms with Crippen molar-refractivity contribution in [3.8, 4) is 11.5 Å². The molecule has 3 nitrogen and oxygen atoms in total. The van der Waals surface area contributed by atoms with E-state index in [0.717, 1.165) is 11.8 Å². The van der Waals surface area contributed by atoms with Crippen LogP contribution in [0.2, 0.25) is 0 Å². The number of ether oxygens (including phenoxy) is 2. The topological polar surface area (TPSA) is 35.5 Å². The molecule has 0 aliphatic rings. The fourth-order valence-electron chi connectivity index (χ4n) is 2.24. The van der Waals surface area contributed by atoms with Gasteiger partial charge in [-0.05, 0) is 41.8 Å². The Hall–Kier alpha value is -2.36. The van der Waals surface area contributed by atoms with Crippen molar-refractivity contribution in [2.45, 2.75) is 12.3 Å². The molecular formula is C17H17FO3. The van der Waals surface area contributed by atoms with Gasteiger partial charge < -0.3 is 14.3 Å². The van der Waals surface area contributed by atoms with Crippen LogP contribution in [0.3, 0.4) is 0 Å². The van der Waals surface area contributed by atoms with Gasteiger partial charge in [-0.3, -0.25) is 0 Å². The lowest BCUT2D eigenvalue weighted by atomic mass is 9.93. The number of hydrogen-bond donors (Lipinski definition) is 0. The van der Waals surface area contributed by atoms with Gasteiger partial charge in [0.2, 0.25) is 0 Å². The maximum absolute atomic E-state index is 13.3. The van der Waals surface area contributed by atoms with Crippen LogP contribution < -0.4 is 9.47 Å². The fraction of sp³-hybridized carbons (Fsp3) is 0.235.